The molecule has 0 N–H and O–H groups in total. The summed E-state index contributed by atoms with van der Waals surface area (Å²) in [5.74, 6) is 0.890. The first-order valence-electron chi connectivity index (χ1n) is 7.66. The lowest BCUT2D eigenvalue weighted by molar-refractivity contribution is -0.889. The van der Waals surface area contributed by atoms with Gasteiger partial charge in [-0.05, 0) is 42.9 Å². The third-order valence-corrected chi connectivity index (χ3v) is 6.59. The van der Waals surface area contributed by atoms with Crippen LogP contribution in [0.4, 0.5) is 0 Å². The molecule has 0 amide bonds. The third-order valence-electron chi connectivity index (χ3n) is 6.59. The van der Waals surface area contributed by atoms with E-state index in [1.54, 1.807) is 0 Å². The molecule has 0 aliphatic heterocycles. The van der Waals surface area contributed by atoms with Gasteiger partial charge in [-0.2, -0.15) is 0 Å². The number of ether oxygens (including phenoxy) is 1. The Morgan fingerprint density at radius 1 is 1.22 bits per heavy atom. The van der Waals surface area contributed by atoms with Crippen LogP contribution in [0.15, 0.2) is 0 Å². The van der Waals surface area contributed by atoms with Crippen LogP contribution in [0, 0.1) is 16.7 Å². The topological polar surface area (TPSA) is 9.23 Å². The van der Waals surface area contributed by atoms with Gasteiger partial charge in [0, 0.05) is 0 Å². The van der Waals surface area contributed by atoms with Crippen LogP contribution in [-0.4, -0.2) is 44.4 Å². The summed E-state index contributed by atoms with van der Waals surface area (Å²) >= 11 is 0. The normalized spacial score (nSPS) is 38.3. The number of rotatable bonds is 5. The number of nitrogens with zero attached hydrogens (tertiary/aromatic N) is 1. The minimum Gasteiger partial charge on any atom is -0.372 e. The van der Waals surface area contributed by atoms with E-state index in [0.717, 1.165) is 23.6 Å². The number of quaternary nitrogens is 1. The minimum atomic E-state index is 0.418. The van der Waals surface area contributed by atoms with Crippen molar-refractivity contribution in [3.05, 3.63) is 0 Å². The molecule has 3 atom stereocenters. The second kappa shape index (κ2) is 4.49. The lowest BCUT2D eigenvalue weighted by atomic mass is 9.70. The van der Waals surface area contributed by atoms with Crippen molar-refractivity contribution >= 4 is 0 Å². The van der Waals surface area contributed by atoms with E-state index in [1.807, 2.05) is 0 Å². The molecule has 2 aliphatic carbocycles. The van der Waals surface area contributed by atoms with E-state index in [2.05, 4.69) is 41.8 Å². The van der Waals surface area contributed by atoms with Crippen LogP contribution in [0.1, 0.15) is 47.0 Å². The fourth-order valence-electron chi connectivity index (χ4n) is 3.98. The van der Waals surface area contributed by atoms with Gasteiger partial charge in [0.1, 0.15) is 6.54 Å². The van der Waals surface area contributed by atoms with E-state index in [0.29, 0.717) is 16.9 Å². The molecule has 2 nitrogen and oxygen atoms in total. The summed E-state index contributed by atoms with van der Waals surface area (Å²) in [7, 11) is 4.58. The van der Waals surface area contributed by atoms with Gasteiger partial charge in [0.15, 0.2) is 0 Å². The zero-order chi connectivity index (χ0) is 13.6. The molecule has 0 heterocycles. The molecule has 0 aromatic rings. The monoisotopic (exact) mass is 254 g/mol. The Bertz CT molecular complexity index is 310. The molecule has 0 radical (unpaired) electrons. The van der Waals surface area contributed by atoms with E-state index in [9.17, 15) is 0 Å². The first-order valence-corrected chi connectivity index (χ1v) is 7.66. The maximum Gasteiger partial charge on any atom is 0.102 e. The number of fused-ring (bicyclic) bond motifs is 2. The minimum absolute atomic E-state index is 0.418. The predicted molar refractivity (Wildman–Crippen MR) is 76.5 cm³/mol. The van der Waals surface area contributed by atoms with E-state index < -0.39 is 0 Å². The molecule has 106 valence electrons. The van der Waals surface area contributed by atoms with Crippen molar-refractivity contribution in [2.75, 3.05) is 33.8 Å². The average molecular weight is 254 g/mol. The largest absolute Gasteiger partial charge is 0.372 e. The number of likely N-dealkylation sites (N-methyl/N-ethyl adjacent to an activating group) is 1. The van der Waals surface area contributed by atoms with E-state index in [4.69, 9.17) is 4.74 Å². The zero-order valence-corrected chi connectivity index (χ0v) is 13.3. The van der Waals surface area contributed by atoms with Gasteiger partial charge in [0.2, 0.25) is 0 Å². The molecule has 2 bridgehead atoms. The summed E-state index contributed by atoms with van der Waals surface area (Å²) in [6.45, 7) is 12.9. The highest BCUT2D eigenvalue weighted by Gasteiger charge is 2.61. The van der Waals surface area contributed by atoms with Crippen LogP contribution < -0.4 is 0 Å². The van der Waals surface area contributed by atoms with Crippen molar-refractivity contribution in [3.63, 3.8) is 0 Å². The average Bonchev–Trinajstić information content (AvgIpc) is 2.62. The zero-order valence-electron chi connectivity index (χ0n) is 13.3. The van der Waals surface area contributed by atoms with Gasteiger partial charge in [-0.15, -0.1) is 0 Å². The van der Waals surface area contributed by atoms with Crippen LogP contribution in [0.2, 0.25) is 0 Å². The highest BCUT2D eigenvalue weighted by atomic mass is 16.5. The maximum absolute atomic E-state index is 6.30. The van der Waals surface area contributed by atoms with Gasteiger partial charge in [-0.25, -0.2) is 0 Å². The molecule has 2 heteroatoms. The Balaban J connectivity index is 1.90. The standard InChI is InChI=1S/C16H32NO/c1-7-17(5,6)10-11-18-14-12-13-8-9-16(14,4)15(13,2)3/h13-14H,7-12H2,1-6H3/q+1/t13-,14+,16+/m0/s1. The summed E-state index contributed by atoms with van der Waals surface area (Å²) in [5, 5.41) is 0. The van der Waals surface area contributed by atoms with Gasteiger partial charge in [0.05, 0.1) is 33.4 Å². The van der Waals surface area contributed by atoms with Crippen LogP contribution in [-0.2, 0) is 4.74 Å². The summed E-state index contributed by atoms with van der Waals surface area (Å²) < 4.78 is 7.36. The molecule has 18 heavy (non-hydrogen) atoms. The number of hydrogen-bond donors (Lipinski definition) is 0. The molecule has 2 fully saturated rings. The third kappa shape index (κ3) is 2.12. The maximum atomic E-state index is 6.30. The lowest BCUT2D eigenvalue weighted by Crippen LogP contribution is -2.44. The molecular formula is C16H32NO+. The molecule has 2 rings (SSSR count). The molecule has 2 saturated carbocycles. The quantitative estimate of drug-likeness (QED) is 0.684. The highest BCUT2D eigenvalue weighted by Crippen LogP contribution is 2.66. The van der Waals surface area contributed by atoms with Crippen molar-refractivity contribution in [1.29, 1.82) is 0 Å². The van der Waals surface area contributed by atoms with Crippen molar-refractivity contribution in [2.24, 2.45) is 16.7 Å². The van der Waals surface area contributed by atoms with Gasteiger partial charge >= 0.3 is 0 Å². The Morgan fingerprint density at radius 2 is 1.89 bits per heavy atom. The fourth-order valence-corrected chi connectivity index (χ4v) is 3.98. The van der Waals surface area contributed by atoms with Gasteiger partial charge in [-0.1, -0.05) is 20.8 Å². The number of hydrogen-bond acceptors (Lipinski definition) is 1. The SMILES string of the molecule is CC[N+](C)(C)CCO[C@@H]1C[C@@H]2CC[C@@]1(C)C2(C)C. The fraction of sp³-hybridized carbons (Fsp3) is 1.00. The van der Waals surface area contributed by atoms with Gasteiger partial charge in [-0.3, -0.25) is 0 Å². The van der Waals surface area contributed by atoms with Gasteiger partial charge in [0.25, 0.3) is 0 Å². The smallest absolute Gasteiger partial charge is 0.102 e. The predicted octanol–water partition coefficient (Wildman–Crippen LogP) is 3.31. The molecular weight excluding hydrogens is 222 g/mol. The first kappa shape index (κ1) is 14.3. The van der Waals surface area contributed by atoms with Crippen LogP contribution in [0.3, 0.4) is 0 Å². The Morgan fingerprint density at radius 3 is 2.33 bits per heavy atom. The summed E-state index contributed by atoms with van der Waals surface area (Å²) in [4.78, 5) is 0. The lowest BCUT2D eigenvalue weighted by Gasteiger charge is -2.39. The van der Waals surface area contributed by atoms with Crippen LogP contribution in [0.25, 0.3) is 0 Å². The van der Waals surface area contributed by atoms with Crippen LogP contribution >= 0.6 is 0 Å². The molecule has 0 aromatic heterocycles. The summed E-state index contributed by atoms with van der Waals surface area (Å²) in [5.41, 5.74) is 0.897. The second-order valence-electron chi connectivity index (χ2n) is 7.95. The van der Waals surface area contributed by atoms with E-state index in [1.165, 1.54) is 25.8 Å². The van der Waals surface area contributed by atoms with Gasteiger partial charge < -0.3 is 9.22 Å². The highest BCUT2D eigenvalue weighted by molar-refractivity contribution is 5.11. The molecule has 0 saturated heterocycles. The summed E-state index contributed by atoms with van der Waals surface area (Å²) in [6, 6.07) is 0. The molecule has 0 spiro atoms. The van der Waals surface area contributed by atoms with E-state index >= 15 is 0 Å². The molecule has 2 aliphatic rings. The van der Waals surface area contributed by atoms with Crippen molar-refractivity contribution < 1.29 is 9.22 Å². The van der Waals surface area contributed by atoms with Crippen molar-refractivity contribution in [3.8, 4) is 0 Å². The first-order chi connectivity index (χ1) is 8.23. The summed E-state index contributed by atoms with van der Waals surface area (Å²) in [6.07, 6.45) is 4.58. The van der Waals surface area contributed by atoms with Crippen molar-refractivity contribution in [1.82, 2.24) is 0 Å². The Hall–Kier alpha value is -0.0800. The van der Waals surface area contributed by atoms with E-state index in [-0.39, 0.29) is 0 Å². The second-order valence-corrected chi connectivity index (χ2v) is 7.95. The van der Waals surface area contributed by atoms with Crippen molar-refractivity contribution in [2.45, 2.75) is 53.1 Å². The molecule has 0 unspecified atom stereocenters. The van der Waals surface area contributed by atoms with Crippen LogP contribution in [0.5, 0.6) is 0 Å². The molecule has 0 aromatic carbocycles. The Kier molecular flexibility index (Phi) is 3.57. The Labute approximate surface area is 113 Å².